The number of nitrogens with zero attached hydrogens (tertiary/aromatic N) is 3. The Balaban J connectivity index is 1.72. The molecule has 3 rings (SSSR count). The summed E-state index contributed by atoms with van der Waals surface area (Å²) in [6, 6.07) is 0. The lowest BCUT2D eigenvalue weighted by Crippen LogP contribution is -2.39. The van der Waals surface area contributed by atoms with Crippen LogP contribution in [0.25, 0.3) is 0 Å². The zero-order valence-corrected chi connectivity index (χ0v) is 12.8. The third-order valence-corrected chi connectivity index (χ3v) is 4.43. The minimum absolute atomic E-state index is 0.282. The largest absolute Gasteiger partial charge is 0.342 e. The maximum atomic E-state index is 12.1. The van der Waals surface area contributed by atoms with Crippen molar-refractivity contribution in [1.29, 1.82) is 0 Å². The van der Waals surface area contributed by atoms with Crippen molar-refractivity contribution in [3.63, 3.8) is 0 Å². The summed E-state index contributed by atoms with van der Waals surface area (Å²) in [4.78, 5) is 23.4. The predicted octanol–water partition coefficient (Wildman–Crippen LogP) is 1.63. The van der Waals surface area contributed by atoms with Gasteiger partial charge in [-0.05, 0) is 19.3 Å². The van der Waals surface area contributed by atoms with Gasteiger partial charge in [0.2, 0.25) is 5.91 Å². The Morgan fingerprint density at radius 3 is 3.29 bits per heavy atom. The monoisotopic (exact) mass is 288 g/mol. The van der Waals surface area contributed by atoms with Crippen LogP contribution in [0.3, 0.4) is 0 Å². The second kappa shape index (κ2) is 6.52. The van der Waals surface area contributed by atoms with E-state index in [2.05, 4.69) is 17.2 Å². The van der Waals surface area contributed by atoms with Crippen LogP contribution in [0.15, 0.2) is 6.20 Å². The van der Waals surface area contributed by atoms with E-state index in [1.54, 1.807) is 0 Å². The number of nitrogens with one attached hydrogen (secondary N) is 1. The SMILES string of the molecule is CCCC(=O)N1CCC[C@H](c2ncc3c(n2)CCNC3)C1. The van der Waals surface area contributed by atoms with Gasteiger partial charge in [0.15, 0.2) is 0 Å². The van der Waals surface area contributed by atoms with Crippen LogP contribution in [0, 0.1) is 0 Å². The van der Waals surface area contributed by atoms with E-state index in [1.807, 2.05) is 11.1 Å². The molecule has 1 atom stereocenters. The topological polar surface area (TPSA) is 58.1 Å². The molecule has 0 spiro atoms. The van der Waals surface area contributed by atoms with E-state index in [0.717, 1.165) is 57.7 Å². The minimum atomic E-state index is 0.282. The van der Waals surface area contributed by atoms with Crippen LogP contribution >= 0.6 is 0 Å². The van der Waals surface area contributed by atoms with Crippen molar-refractivity contribution in [2.75, 3.05) is 19.6 Å². The zero-order valence-electron chi connectivity index (χ0n) is 12.8. The summed E-state index contributed by atoms with van der Waals surface area (Å²) in [6.45, 7) is 5.61. The van der Waals surface area contributed by atoms with Gasteiger partial charge in [0.25, 0.3) is 0 Å². The highest BCUT2D eigenvalue weighted by Crippen LogP contribution is 2.26. The van der Waals surface area contributed by atoms with Crippen LogP contribution < -0.4 is 5.32 Å². The van der Waals surface area contributed by atoms with Crippen LogP contribution in [0.1, 0.15) is 55.6 Å². The highest BCUT2D eigenvalue weighted by atomic mass is 16.2. The van der Waals surface area contributed by atoms with E-state index in [-0.39, 0.29) is 5.91 Å². The van der Waals surface area contributed by atoms with Crippen molar-refractivity contribution in [3.8, 4) is 0 Å². The number of amides is 1. The van der Waals surface area contributed by atoms with Crippen LogP contribution in [0.2, 0.25) is 0 Å². The number of likely N-dealkylation sites (tertiary alicyclic amines) is 1. The van der Waals surface area contributed by atoms with Gasteiger partial charge < -0.3 is 10.2 Å². The Morgan fingerprint density at radius 1 is 1.52 bits per heavy atom. The number of rotatable bonds is 3. The lowest BCUT2D eigenvalue weighted by molar-refractivity contribution is -0.132. The maximum absolute atomic E-state index is 12.1. The quantitative estimate of drug-likeness (QED) is 0.918. The number of carbonyl (C=O) groups excluding carboxylic acids is 1. The summed E-state index contributed by atoms with van der Waals surface area (Å²) in [5.74, 6) is 1.52. The Morgan fingerprint density at radius 2 is 2.43 bits per heavy atom. The molecule has 3 heterocycles. The van der Waals surface area contributed by atoms with Crippen molar-refractivity contribution >= 4 is 5.91 Å². The summed E-state index contributed by atoms with van der Waals surface area (Å²) in [7, 11) is 0. The summed E-state index contributed by atoms with van der Waals surface area (Å²) in [5, 5.41) is 3.34. The van der Waals surface area contributed by atoms with E-state index in [0.29, 0.717) is 12.3 Å². The fourth-order valence-electron chi connectivity index (χ4n) is 3.23. The Kier molecular flexibility index (Phi) is 4.48. The van der Waals surface area contributed by atoms with Crippen molar-refractivity contribution in [2.45, 2.75) is 51.5 Å². The van der Waals surface area contributed by atoms with Gasteiger partial charge >= 0.3 is 0 Å². The standard InChI is InChI=1S/C16H24N4O/c1-2-4-15(21)20-8-3-5-12(11-20)16-18-10-13-9-17-7-6-14(13)19-16/h10,12,17H,2-9,11H2,1H3/t12-/m0/s1. The highest BCUT2D eigenvalue weighted by Gasteiger charge is 2.26. The van der Waals surface area contributed by atoms with Gasteiger partial charge in [0.1, 0.15) is 5.82 Å². The second-order valence-corrected chi connectivity index (χ2v) is 6.06. The van der Waals surface area contributed by atoms with Crippen LogP contribution in [-0.2, 0) is 17.8 Å². The second-order valence-electron chi connectivity index (χ2n) is 6.06. The number of carbonyl (C=O) groups is 1. The molecule has 0 radical (unpaired) electrons. The first-order chi connectivity index (χ1) is 10.3. The number of hydrogen-bond acceptors (Lipinski definition) is 4. The van der Waals surface area contributed by atoms with Gasteiger partial charge in [-0.25, -0.2) is 9.97 Å². The van der Waals surface area contributed by atoms with Crippen LogP contribution in [0.5, 0.6) is 0 Å². The molecule has 2 aliphatic rings. The predicted molar refractivity (Wildman–Crippen MR) is 80.9 cm³/mol. The zero-order chi connectivity index (χ0) is 14.7. The van der Waals surface area contributed by atoms with Crippen molar-refractivity contribution in [2.24, 2.45) is 0 Å². The average Bonchev–Trinajstić information content (AvgIpc) is 2.55. The molecule has 1 aromatic heterocycles. The summed E-state index contributed by atoms with van der Waals surface area (Å²) in [5.41, 5.74) is 2.41. The van der Waals surface area contributed by atoms with E-state index < -0.39 is 0 Å². The molecule has 1 aromatic rings. The molecule has 5 heteroatoms. The fraction of sp³-hybridized carbons (Fsp3) is 0.688. The van der Waals surface area contributed by atoms with Crippen molar-refractivity contribution in [1.82, 2.24) is 20.2 Å². The first-order valence-corrected chi connectivity index (χ1v) is 8.11. The number of hydrogen-bond donors (Lipinski definition) is 1. The maximum Gasteiger partial charge on any atom is 0.222 e. The van der Waals surface area contributed by atoms with Crippen molar-refractivity contribution in [3.05, 3.63) is 23.3 Å². The van der Waals surface area contributed by atoms with Gasteiger partial charge in [-0.15, -0.1) is 0 Å². The number of aromatic nitrogens is 2. The summed E-state index contributed by atoms with van der Waals surface area (Å²) in [6.07, 6.45) is 6.67. The average molecular weight is 288 g/mol. The lowest BCUT2D eigenvalue weighted by Gasteiger charge is -2.32. The summed E-state index contributed by atoms with van der Waals surface area (Å²) >= 11 is 0. The summed E-state index contributed by atoms with van der Waals surface area (Å²) < 4.78 is 0. The smallest absolute Gasteiger partial charge is 0.222 e. The first-order valence-electron chi connectivity index (χ1n) is 8.11. The van der Waals surface area contributed by atoms with Gasteiger partial charge in [0.05, 0.1) is 0 Å². The van der Waals surface area contributed by atoms with Gasteiger partial charge in [-0.2, -0.15) is 0 Å². The third-order valence-electron chi connectivity index (χ3n) is 4.43. The van der Waals surface area contributed by atoms with E-state index in [4.69, 9.17) is 4.98 Å². The first kappa shape index (κ1) is 14.4. The minimum Gasteiger partial charge on any atom is -0.342 e. The Hall–Kier alpha value is -1.49. The molecule has 0 aromatic carbocycles. The molecule has 1 saturated heterocycles. The molecule has 1 fully saturated rings. The molecule has 0 saturated carbocycles. The Bertz CT molecular complexity index is 517. The lowest BCUT2D eigenvalue weighted by atomic mass is 9.96. The molecule has 0 aliphatic carbocycles. The van der Waals surface area contributed by atoms with Gasteiger partial charge in [0, 0.05) is 62.4 Å². The highest BCUT2D eigenvalue weighted by molar-refractivity contribution is 5.76. The molecule has 2 aliphatic heterocycles. The molecule has 21 heavy (non-hydrogen) atoms. The molecule has 1 amide bonds. The number of piperidine rings is 1. The van der Waals surface area contributed by atoms with Crippen LogP contribution in [-0.4, -0.2) is 40.4 Å². The number of fused-ring (bicyclic) bond motifs is 1. The fourth-order valence-corrected chi connectivity index (χ4v) is 3.23. The molecule has 1 N–H and O–H groups in total. The van der Waals surface area contributed by atoms with Crippen molar-refractivity contribution < 1.29 is 4.79 Å². The Labute approximate surface area is 126 Å². The van der Waals surface area contributed by atoms with Crippen LogP contribution in [0.4, 0.5) is 0 Å². The van der Waals surface area contributed by atoms with Gasteiger partial charge in [-0.1, -0.05) is 6.92 Å². The molecular formula is C16H24N4O. The van der Waals surface area contributed by atoms with E-state index in [1.165, 1.54) is 11.3 Å². The normalized spacial score (nSPS) is 22.0. The molecule has 5 nitrogen and oxygen atoms in total. The molecule has 0 bridgehead atoms. The molecular weight excluding hydrogens is 264 g/mol. The molecule has 0 unspecified atom stereocenters. The third kappa shape index (κ3) is 3.23. The molecule has 114 valence electrons. The van der Waals surface area contributed by atoms with E-state index >= 15 is 0 Å². The van der Waals surface area contributed by atoms with Gasteiger partial charge in [-0.3, -0.25) is 4.79 Å². The van der Waals surface area contributed by atoms with E-state index in [9.17, 15) is 4.79 Å².